The van der Waals surface area contributed by atoms with Crippen molar-refractivity contribution in [2.24, 2.45) is 0 Å². The van der Waals surface area contributed by atoms with Crippen LogP contribution in [-0.4, -0.2) is 60.3 Å². The molecule has 17 heavy (non-hydrogen) atoms. The van der Waals surface area contributed by atoms with Crippen LogP contribution in [-0.2, 0) is 14.3 Å². The van der Waals surface area contributed by atoms with Crippen LogP contribution in [0.3, 0.4) is 0 Å². The number of carbonyl (C=O) groups excluding carboxylic acids is 1. The minimum atomic E-state index is -1.00. The molecule has 0 aromatic heterocycles. The highest BCUT2D eigenvalue weighted by Gasteiger charge is 2.24. The minimum absolute atomic E-state index is 0.101. The summed E-state index contributed by atoms with van der Waals surface area (Å²) in [5, 5.41) is 11.5. The zero-order valence-electron chi connectivity index (χ0n) is 10.3. The molecule has 6 nitrogen and oxygen atoms in total. The quantitative estimate of drug-likeness (QED) is 0.709. The molecule has 0 spiro atoms. The van der Waals surface area contributed by atoms with Gasteiger partial charge in [-0.1, -0.05) is 0 Å². The normalized spacial score (nSPS) is 23.8. The van der Waals surface area contributed by atoms with E-state index in [0.717, 1.165) is 13.0 Å². The summed E-state index contributed by atoms with van der Waals surface area (Å²) in [6.07, 6.45) is 0.987. The minimum Gasteiger partial charge on any atom is -0.480 e. The average molecular weight is 244 g/mol. The molecule has 2 unspecified atom stereocenters. The second-order valence-electron chi connectivity index (χ2n) is 4.39. The number of nitrogens with one attached hydrogen (secondary N) is 1. The fourth-order valence-electron chi connectivity index (χ4n) is 1.94. The van der Waals surface area contributed by atoms with Gasteiger partial charge in [-0.15, -0.1) is 0 Å². The number of carboxylic acid groups (broad SMARTS) is 1. The van der Waals surface area contributed by atoms with Gasteiger partial charge in [0.25, 0.3) is 0 Å². The second kappa shape index (κ2) is 6.56. The van der Waals surface area contributed by atoms with Gasteiger partial charge in [-0.2, -0.15) is 0 Å². The second-order valence-corrected chi connectivity index (χ2v) is 4.39. The maximum atomic E-state index is 11.0. The Bertz CT molecular complexity index is 283. The van der Waals surface area contributed by atoms with Gasteiger partial charge in [0.1, 0.15) is 6.04 Å². The summed E-state index contributed by atoms with van der Waals surface area (Å²) in [4.78, 5) is 23.9. The summed E-state index contributed by atoms with van der Waals surface area (Å²) in [6, 6.07) is -0.849. The molecule has 6 heteroatoms. The standard InChI is InChI=1S/C11H20N2O4/c1-8-6-13(4-3-5-17-8)7-10(11(15)16)12-9(2)14/h8,10H,3-7H2,1-2H3,(H,12,14)(H,15,16). The Kier molecular flexibility index (Phi) is 5.37. The average Bonchev–Trinajstić information content (AvgIpc) is 2.41. The summed E-state index contributed by atoms with van der Waals surface area (Å²) in [7, 11) is 0. The summed E-state index contributed by atoms with van der Waals surface area (Å²) < 4.78 is 5.48. The fourth-order valence-corrected chi connectivity index (χ4v) is 1.94. The molecule has 1 saturated heterocycles. The number of aliphatic carboxylic acids is 1. The zero-order chi connectivity index (χ0) is 12.8. The van der Waals surface area contributed by atoms with Crippen LogP contribution in [0.15, 0.2) is 0 Å². The van der Waals surface area contributed by atoms with Crippen molar-refractivity contribution in [2.45, 2.75) is 32.4 Å². The van der Waals surface area contributed by atoms with E-state index in [1.165, 1.54) is 6.92 Å². The first-order valence-electron chi connectivity index (χ1n) is 5.83. The molecular weight excluding hydrogens is 224 g/mol. The maximum Gasteiger partial charge on any atom is 0.327 e. The third-order valence-electron chi connectivity index (χ3n) is 2.65. The third kappa shape index (κ3) is 5.14. The lowest BCUT2D eigenvalue weighted by molar-refractivity contribution is -0.142. The third-order valence-corrected chi connectivity index (χ3v) is 2.65. The van der Waals surface area contributed by atoms with Crippen molar-refractivity contribution in [2.75, 3.05) is 26.2 Å². The largest absolute Gasteiger partial charge is 0.480 e. The molecule has 1 rings (SSSR count). The van der Waals surface area contributed by atoms with Gasteiger partial charge in [0.2, 0.25) is 5.91 Å². The highest BCUT2D eigenvalue weighted by Crippen LogP contribution is 2.06. The van der Waals surface area contributed by atoms with E-state index in [2.05, 4.69) is 5.32 Å². The van der Waals surface area contributed by atoms with Crippen LogP contribution >= 0.6 is 0 Å². The first-order chi connectivity index (χ1) is 7.99. The number of ether oxygens (including phenoxy) is 1. The first kappa shape index (κ1) is 13.9. The lowest BCUT2D eigenvalue weighted by atomic mass is 10.2. The zero-order valence-corrected chi connectivity index (χ0v) is 10.3. The molecule has 0 aliphatic carbocycles. The van der Waals surface area contributed by atoms with E-state index in [1.807, 2.05) is 11.8 Å². The lowest BCUT2D eigenvalue weighted by Crippen LogP contribution is -2.49. The van der Waals surface area contributed by atoms with E-state index in [-0.39, 0.29) is 12.0 Å². The Morgan fingerprint density at radius 3 is 2.88 bits per heavy atom. The molecule has 0 aromatic rings. The lowest BCUT2D eigenvalue weighted by Gasteiger charge is -2.25. The van der Waals surface area contributed by atoms with Crippen molar-refractivity contribution in [1.29, 1.82) is 0 Å². The van der Waals surface area contributed by atoms with E-state index in [1.54, 1.807) is 0 Å². The highest BCUT2D eigenvalue weighted by atomic mass is 16.5. The monoisotopic (exact) mass is 244 g/mol. The molecule has 1 heterocycles. The number of hydrogen-bond donors (Lipinski definition) is 2. The van der Waals surface area contributed by atoms with Gasteiger partial charge in [0.15, 0.2) is 0 Å². The number of hydrogen-bond acceptors (Lipinski definition) is 4. The summed E-state index contributed by atoms with van der Waals surface area (Å²) >= 11 is 0. The van der Waals surface area contributed by atoms with Gasteiger partial charge in [-0.25, -0.2) is 4.79 Å². The summed E-state index contributed by atoms with van der Waals surface area (Å²) in [6.45, 7) is 5.81. The van der Waals surface area contributed by atoms with E-state index in [9.17, 15) is 9.59 Å². The van der Waals surface area contributed by atoms with Crippen LogP contribution in [0.1, 0.15) is 20.3 Å². The molecule has 0 saturated carbocycles. The number of amides is 1. The van der Waals surface area contributed by atoms with Crippen LogP contribution in [0, 0.1) is 0 Å². The molecule has 1 aliphatic heterocycles. The van der Waals surface area contributed by atoms with Crippen LogP contribution < -0.4 is 5.32 Å². The Hall–Kier alpha value is -1.14. The SMILES string of the molecule is CC(=O)NC(CN1CCCOC(C)C1)C(=O)O. The van der Waals surface area contributed by atoms with Crippen LogP contribution in [0.2, 0.25) is 0 Å². The smallest absolute Gasteiger partial charge is 0.327 e. The topological polar surface area (TPSA) is 78.9 Å². The van der Waals surface area contributed by atoms with E-state index in [4.69, 9.17) is 9.84 Å². The van der Waals surface area contributed by atoms with Gasteiger partial charge in [0, 0.05) is 33.2 Å². The van der Waals surface area contributed by atoms with Crippen LogP contribution in [0.4, 0.5) is 0 Å². The maximum absolute atomic E-state index is 11.0. The Balaban J connectivity index is 2.52. The molecule has 98 valence electrons. The summed E-state index contributed by atoms with van der Waals surface area (Å²) in [5.41, 5.74) is 0. The summed E-state index contributed by atoms with van der Waals surface area (Å²) in [5.74, 6) is -1.32. The van der Waals surface area contributed by atoms with Crippen molar-refractivity contribution in [3.8, 4) is 0 Å². The molecule has 1 amide bonds. The van der Waals surface area contributed by atoms with Gasteiger partial charge < -0.3 is 15.2 Å². The molecule has 0 radical (unpaired) electrons. The Morgan fingerprint density at radius 1 is 1.59 bits per heavy atom. The van der Waals surface area contributed by atoms with Crippen molar-refractivity contribution in [3.05, 3.63) is 0 Å². The molecule has 1 aliphatic rings. The fraction of sp³-hybridized carbons (Fsp3) is 0.818. The number of carboxylic acids is 1. The van der Waals surface area contributed by atoms with E-state index in [0.29, 0.717) is 19.7 Å². The van der Waals surface area contributed by atoms with Crippen LogP contribution in [0.25, 0.3) is 0 Å². The predicted molar refractivity (Wildman–Crippen MR) is 61.7 cm³/mol. The molecule has 2 N–H and O–H groups in total. The molecular formula is C11H20N2O4. The Labute approximate surface area is 101 Å². The van der Waals surface area contributed by atoms with Gasteiger partial charge in [-0.05, 0) is 13.3 Å². The van der Waals surface area contributed by atoms with Crippen molar-refractivity contribution < 1.29 is 19.4 Å². The van der Waals surface area contributed by atoms with Crippen LogP contribution in [0.5, 0.6) is 0 Å². The molecule has 1 fully saturated rings. The van der Waals surface area contributed by atoms with E-state index >= 15 is 0 Å². The highest BCUT2D eigenvalue weighted by molar-refractivity contribution is 5.82. The molecule has 0 bridgehead atoms. The van der Waals surface area contributed by atoms with Crippen molar-refractivity contribution in [3.63, 3.8) is 0 Å². The number of rotatable bonds is 4. The van der Waals surface area contributed by atoms with Gasteiger partial charge in [0.05, 0.1) is 6.10 Å². The van der Waals surface area contributed by atoms with Gasteiger partial charge >= 0.3 is 5.97 Å². The number of nitrogens with zero attached hydrogens (tertiary/aromatic N) is 1. The Morgan fingerprint density at radius 2 is 2.29 bits per heavy atom. The van der Waals surface area contributed by atoms with Crippen molar-refractivity contribution in [1.82, 2.24) is 10.2 Å². The predicted octanol–water partition coefficient (Wildman–Crippen LogP) is -0.313. The van der Waals surface area contributed by atoms with Crippen molar-refractivity contribution >= 4 is 11.9 Å². The first-order valence-corrected chi connectivity index (χ1v) is 5.83. The molecule has 0 aromatic carbocycles. The van der Waals surface area contributed by atoms with E-state index < -0.39 is 12.0 Å². The molecule has 2 atom stereocenters. The van der Waals surface area contributed by atoms with Gasteiger partial charge in [-0.3, -0.25) is 9.69 Å². The number of carbonyl (C=O) groups is 2.